The van der Waals surface area contributed by atoms with Crippen molar-refractivity contribution in [3.63, 3.8) is 0 Å². The van der Waals surface area contributed by atoms with Gasteiger partial charge in [0.2, 0.25) is 5.91 Å². The van der Waals surface area contributed by atoms with Crippen molar-refractivity contribution in [2.45, 2.75) is 24.9 Å². The summed E-state index contributed by atoms with van der Waals surface area (Å²) in [6.07, 6.45) is 2.26. The summed E-state index contributed by atoms with van der Waals surface area (Å²) in [4.78, 5) is 12.3. The molecule has 4 nitrogen and oxygen atoms in total. The molecule has 3 rings (SSSR count). The standard InChI is InChI=1S/C20H23NO3/c1-24-18-9-5-6-15(12-18)13-19(22)21-14-20(23,17-10-11-17)16-7-3-2-4-8-16/h2-9,12,17,23H,10-11,13-14H2,1H3,(H,21,22)/t20-/m0/s1. The van der Waals surface area contributed by atoms with Crippen molar-refractivity contribution in [2.24, 2.45) is 5.92 Å². The van der Waals surface area contributed by atoms with E-state index in [4.69, 9.17) is 4.74 Å². The number of hydrogen-bond donors (Lipinski definition) is 2. The van der Waals surface area contributed by atoms with E-state index in [0.717, 1.165) is 29.7 Å². The lowest BCUT2D eigenvalue weighted by Gasteiger charge is -2.29. The molecular formula is C20H23NO3. The lowest BCUT2D eigenvalue weighted by atomic mass is 9.88. The second-order valence-corrected chi connectivity index (χ2v) is 6.37. The second-order valence-electron chi connectivity index (χ2n) is 6.37. The van der Waals surface area contributed by atoms with Gasteiger partial charge in [0.05, 0.1) is 20.1 Å². The third-order valence-electron chi connectivity index (χ3n) is 4.58. The Labute approximate surface area is 142 Å². The minimum atomic E-state index is -0.981. The van der Waals surface area contributed by atoms with Gasteiger partial charge in [-0.1, -0.05) is 42.5 Å². The van der Waals surface area contributed by atoms with Crippen LogP contribution < -0.4 is 10.1 Å². The molecule has 2 aromatic rings. The molecule has 1 aliphatic carbocycles. The minimum absolute atomic E-state index is 0.0988. The van der Waals surface area contributed by atoms with Gasteiger partial charge in [0.15, 0.2) is 0 Å². The lowest BCUT2D eigenvalue weighted by Crippen LogP contribution is -2.43. The SMILES string of the molecule is COc1cccc(CC(=O)NC[C@](O)(c2ccccc2)C2CC2)c1. The molecule has 0 saturated heterocycles. The van der Waals surface area contributed by atoms with E-state index in [9.17, 15) is 9.90 Å². The van der Waals surface area contributed by atoms with E-state index < -0.39 is 5.60 Å². The topological polar surface area (TPSA) is 58.6 Å². The predicted octanol–water partition coefficient (Wildman–Crippen LogP) is 2.65. The Hall–Kier alpha value is -2.33. The maximum atomic E-state index is 12.3. The fraction of sp³-hybridized carbons (Fsp3) is 0.350. The van der Waals surface area contributed by atoms with Crippen LogP contribution in [0.15, 0.2) is 54.6 Å². The Morgan fingerprint density at radius 3 is 2.62 bits per heavy atom. The second kappa shape index (κ2) is 7.05. The Balaban J connectivity index is 1.63. The Morgan fingerprint density at radius 1 is 1.21 bits per heavy atom. The average molecular weight is 325 g/mol. The molecule has 2 aromatic carbocycles. The van der Waals surface area contributed by atoms with Gasteiger partial charge in [-0.25, -0.2) is 0 Å². The van der Waals surface area contributed by atoms with Crippen LogP contribution in [0.2, 0.25) is 0 Å². The third-order valence-corrected chi connectivity index (χ3v) is 4.58. The van der Waals surface area contributed by atoms with Gasteiger partial charge in [0.1, 0.15) is 11.4 Å². The smallest absolute Gasteiger partial charge is 0.224 e. The zero-order chi connectivity index (χ0) is 17.0. The van der Waals surface area contributed by atoms with Gasteiger partial charge in [-0.2, -0.15) is 0 Å². The predicted molar refractivity (Wildman–Crippen MR) is 92.8 cm³/mol. The van der Waals surface area contributed by atoms with Crippen LogP contribution in [-0.2, 0) is 16.8 Å². The van der Waals surface area contributed by atoms with Gasteiger partial charge >= 0.3 is 0 Å². The third kappa shape index (κ3) is 3.77. The summed E-state index contributed by atoms with van der Waals surface area (Å²) in [7, 11) is 1.61. The Morgan fingerprint density at radius 2 is 1.96 bits per heavy atom. The van der Waals surface area contributed by atoms with Gasteiger partial charge in [-0.15, -0.1) is 0 Å². The van der Waals surface area contributed by atoms with Gasteiger partial charge in [0, 0.05) is 0 Å². The number of methoxy groups -OCH3 is 1. The van der Waals surface area contributed by atoms with Crippen LogP contribution in [0.25, 0.3) is 0 Å². The number of carbonyl (C=O) groups is 1. The van der Waals surface area contributed by atoms with Crippen LogP contribution in [-0.4, -0.2) is 24.7 Å². The molecule has 0 unspecified atom stereocenters. The van der Waals surface area contributed by atoms with E-state index in [1.54, 1.807) is 7.11 Å². The summed E-state index contributed by atoms with van der Waals surface area (Å²) >= 11 is 0. The molecule has 0 aromatic heterocycles. The normalized spacial score (nSPS) is 16.2. The van der Waals surface area contributed by atoms with Crippen LogP contribution in [0.1, 0.15) is 24.0 Å². The van der Waals surface area contributed by atoms with Gasteiger partial charge < -0.3 is 15.2 Å². The van der Waals surface area contributed by atoms with Crippen molar-refractivity contribution >= 4 is 5.91 Å². The molecule has 0 radical (unpaired) electrons. The van der Waals surface area contributed by atoms with E-state index in [1.165, 1.54) is 0 Å². The molecule has 0 spiro atoms. The molecule has 1 fully saturated rings. The average Bonchev–Trinajstić information content (AvgIpc) is 3.46. The number of rotatable bonds is 7. The highest BCUT2D eigenvalue weighted by Crippen LogP contribution is 2.45. The van der Waals surface area contributed by atoms with Crippen LogP contribution in [0.5, 0.6) is 5.75 Å². The fourth-order valence-corrected chi connectivity index (χ4v) is 3.03. The minimum Gasteiger partial charge on any atom is -0.497 e. The zero-order valence-corrected chi connectivity index (χ0v) is 13.9. The molecule has 0 aliphatic heterocycles. The molecule has 1 aliphatic rings. The van der Waals surface area contributed by atoms with E-state index in [0.29, 0.717) is 0 Å². The molecule has 1 saturated carbocycles. The molecule has 24 heavy (non-hydrogen) atoms. The van der Waals surface area contributed by atoms with Crippen molar-refractivity contribution in [1.29, 1.82) is 0 Å². The van der Waals surface area contributed by atoms with E-state index in [-0.39, 0.29) is 24.8 Å². The maximum absolute atomic E-state index is 12.3. The van der Waals surface area contributed by atoms with Gasteiger partial charge in [-0.05, 0) is 42.0 Å². The molecule has 2 N–H and O–H groups in total. The highest BCUT2D eigenvalue weighted by Gasteiger charge is 2.45. The Kier molecular flexibility index (Phi) is 4.86. The first-order valence-electron chi connectivity index (χ1n) is 8.29. The molecule has 126 valence electrons. The molecule has 1 amide bonds. The molecule has 0 bridgehead atoms. The molecule has 1 atom stereocenters. The summed E-state index contributed by atoms with van der Waals surface area (Å²) in [5.74, 6) is 0.856. The summed E-state index contributed by atoms with van der Waals surface area (Å²) < 4.78 is 5.18. The first-order valence-corrected chi connectivity index (χ1v) is 8.29. The number of nitrogens with one attached hydrogen (secondary N) is 1. The lowest BCUT2D eigenvalue weighted by molar-refractivity contribution is -0.122. The van der Waals surface area contributed by atoms with Gasteiger partial charge in [0.25, 0.3) is 0 Å². The number of amides is 1. The quantitative estimate of drug-likeness (QED) is 0.823. The summed E-state index contributed by atoms with van der Waals surface area (Å²) in [6, 6.07) is 17.1. The molecular weight excluding hydrogens is 302 g/mol. The van der Waals surface area contributed by atoms with Crippen molar-refractivity contribution in [3.05, 3.63) is 65.7 Å². The Bertz CT molecular complexity index is 697. The van der Waals surface area contributed by atoms with Crippen LogP contribution >= 0.6 is 0 Å². The summed E-state index contributed by atoms with van der Waals surface area (Å²) in [5.41, 5.74) is 0.779. The number of hydrogen-bond acceptors (Lipinski definition) is 3. The molecule has 4 heteroatoms. The fourth-order valence-electron chi connectivity index (χ4n) is 3.03. The van der Waals surface area contributed by atoms with Crippen molar-refractivity contribution in [1.82, 2.24) is 5.32 Å². The monoisotopic (exact) mass is 325 g/mol. The highest BCUT2D eigenvalue weighted by atomic mass is 16.5. The number of carbonyl (C=O) groups excluding carboxylic acids is 1. The summed E-state index contributed by atoms with van der Waals surface area (Å²) in [6.45, 7) is 0.241. The van der Waals surface area contributed by atoms with Crippen LogP contribution in [0.4, 0.5) is 0 Å². The number of aliphatic hydroxyl groups is 1. The maximum Gasteiger partial charge on any atom is 0.224 e. The zero-order valence-electron chi connectivity index (χ0n) is 13.9. The largest absolute Gasteiger partial charge is 0.497 e. The van der Waals surface area contributed by atoms with Crippen molar-refractivity contribution < 1.29 is 14.6 Å². The first-order chi connectivity index (χ1) is 11.6. The van der Waals surface area contributed by atoms with E-state index in [2.05, 4.69) is 5.32 Å². The number of ether oxygens (including phenoxy) is 1. The number of benzene rings is 2. The van der Waals surface area contributed by atoms with E-state index in [1.807, 2.05) is 54.6 Å². The van der Waals surface area contributed by atoms with Crippen molar-refractivity contribution in [2.75, 3.05) is 13.7 Å². The van der Waals surface area contributed by atoms with E-state index >= 15 is 0 Å². The first kappa shape index (κ1) is 16.5. The van der Waals surface area contributed by atoms with Crippen molar-refractivity contribution in [3.8, 4) is 5.75 Å². The highest BCUT2D eigenvalue weighted by molar-refractivity contribution is 5.78. The summed E-state index contributed by atoms with van der Waals surface area (Å²) in [5, 5.41) is 14.0. The van der Waals surface area contributed by atoms with Crippen LogP contribution in [0.3, 0.4) is 0 Å². The van der Waals surface area contributed by atoms with Gasteiger partial charge in [-0.3, -0.25) is 4.79 Å². The van der Waals surface area contributed by atoms with Crippen LogP contribution in [0, 0.1) is 5.92 Å². The molecule has 0 heterocycles.